The number of Topliss-reactive ketones (excluding diaryl/α,β-unsaturated/α-hetero) is 2. The highest BCUT2D eigenvalue weighted by Crippen LogP contribution is 2.55. The van der Waals surface area contributed by atoms with Crippen LogP contribution in [0.4, 0.5) is 0 Å². The first-order chi connectivity index (χ1) is 11.1. The van der Waals surface area contributed by atoms with Crippen molar-refractivity contribution in [1.82, 2.24) is 0 Å². The van der Waals surface area contributed by atoms with Crippen molar-refractivity contribution >= 4 is 11.6 Å². The molecule has 6 nitrogen and oxygen atoms in total. The number of rotatable bonds is 3. The number of ether oxygens (including phenoxy) is 2. The molecule has 2 heterocycles. The first kappa shape index (κ1) is 17.0. The number of aliphatic hydroxyl groups excluding tert-OH is 2. The van der Waals surface area contributed by atoms with Crippen molar-refractivity contribution in [3.05, 3.63) is 22.9 Å². The lowest BCUT2D eigenvalue weighted by atomic mass is 9.62. The van der Waals surface area contributed by atoms with Crippen molar-refractivity contribution in [3.63, 3.8) is 0 Å². The number of unbranched alkanes of at least 4 members (excludes halogenated alkanes) is 1. The van der Waals surface area contributed by atoms with Crippen molar-refractivity contribution < 1.29 is 29.3 Å². The molecule has 0 fully saturated rings. The standard InChI is InChI=1S/C18H24O6/c1-5-6-7-17(3)8-18(4)10-14(12(20)13(21)16(18)22)23-9(2)11(19)15(10)24-17/h9,16,20,22H,5-8H2,1-4H3/t9-,16-,17+,18+/m0/s1. The van der Waals surface area contributed by atoms with Crippen molar-refractivity contribution in [2.45, 2.75) is 71.2 Å². The van der Waals surface area contributed by atoms with Gasteiger partial charge in [0.2, 0.25) is 17.3 Å². The van der Waals surface area contributed by atoms with E-state index in [2.05, 4.69) is 6.92 Å². The molecule has 0 bridgehead atoms. The third-order valence-electron chi connectivity index (χ3n) is 5.36. The highest BCUT2D eigenvalue weighted by Gasteiger charge is 2.60. The summed E-state index contributed by atoms with van der Waals surface area (Å²) in [6.07, 6.45) is 0.691. The quantitative estimate of drug-likeness (QED) is 0.821. The Morgan fingerprint density at radius 2 is 1.88 bits per heavy atom. The largest absolute Gasteiger partial charge is 0.502 e. The van der Waals surface area contributed by atoms with Crippen LogP contribution in [0.1, 0.15) is 53.4 Å². The summed E-state index contributed by atoms with van der Waals surface area (Å²) in [5, 5.41) is 20.7. The molecule has 0 saturated heterocycles. The van der Waals surface area contributed by atoms with Crippen molar-refractivity contribution in [3.8, 4) is 0 Å². The molecule has 0 amide bonds. The zero-order valence-corrected chi connectivity index (χ0v) is 14.5. The van der Waals surface area contributed by atoms with E-state index >= 15 is 0 Å². The fourth-order valence-electron chi connectivity index (χ4n) is 4.10. The van der Waals surface area contributed by atoms with Crippen LogP contribution >= 0.6 is 0 Å². The van der Waals surface area contributed by atoms with Crippen LogP contribution < -0.4 is 0 Å². The third kappa shape index (κ3) is 2.19. The summed E-state index contributed by atoms with van der Waals surface area (Å²) in [6, 6.07) is 0. The van der Waals surface area contributed by atoms with Crippen molar-refractivity contribution in [2.75, 3.05) is 0 Å². The number of hydrogen-bond acceptors (Lipinski definition) is 6. The molecule has 132 valence electrons. The zero-order valence-electron chi connectivity index (χ0n) is 14.5. The van der Waals surface area contributed by atoms with E-state index in [0.29, 0.717) is 18.4 Å². The van der Waals surface area contributed by atoms with E-state index in [1.54, 1.807) is 13.8 Å². The highest BCUT2D eigenvalue weighted by atomic mass is 16.5. The van der Waals surface area contributed by atoms with Gasteiger partial charge in [0.15, 0.2) is 17.6 Å². The molecule has 3 rings (SSSR count). The van der Waals surface area contributed by atoms with Gasteiger partial charge in [0.05, 0.1) is 5.57 Å². The SMILES string of the molecule is CCCC[C@]1(C)C[C@]2(C)C3=C(O1)C(=O)[C@H](C)OC3=C(O)C(=O)[C@@H]2O. The van der Waals surface area contributed by atoms with Crippen LogP contribution in [0.3, 0.4) is 0 Å². The molecular weight excluding hydrogens is 312 g/mol. The summed E-state index contributed by atoms with van der Waals surface area (Å²) in [5.41, 5.74) is -1.36. The molecule has 0 unspecified atom stereocenters. The smallest absolute Gasteiger partial charge is 0.237 e. The summed E-state index contributed by atoms with van der Waals surface area (Å²) in [6.45, 7) is 7.26. The normalized spacial score (nSPS) is 38.7. The van der Waals surface area contributed by atoms with Gasteiger partial charge >= 0.3 is 0 Å². The van der Waals surface area contributed by atoms with Gasteiger partial charge in [-0.2, -0.15) is 0 Å². The molecule has 3 aliphatic rings. The Kier molecular flexibility index (Phi) is 3.79. The maximum Gasteiger partial charge on any atom is 0.237 e. The second kappa shape index (κ2) is 5.34. The van der Waals surface area contributed by atoms with Gasteiger partial charge in [0.25, 0.3) is 0 Å². The monoisotopic (exact) mass is 336 g/mol. The highest BCUT2D eigenvalue weighted by molar-refractivity contribution is 6.05. The van der Waals surface area contributed by atoms with Crippen LogP contribution in [0.5, 0.6) is 0 Å². The van der Waals surface area contributed by atoms with E-state index in [0.717, 1.165) is 12.8 Å². The summed E-state index contributed by atoms with van der Waals surface area (Å²) in [5.74, 6) is -1.62. The Bertz CT molecular complexity index is 675. The molecule has 6 heteroatoms. The van der Waals surface area contributed by atoms with Crippen LogP contribution in [-0.4, -0.2) is 39.6 Å². The van der Waals surface area contributed by atoms with Gasteiger partial charge in [-0.1, -0.05) is 20.3 Å². The van der Waals surface area contributed by atoms with Gasteiger partial charge in [-0.3, -0.25) is 9.59 Å². The predicted octanol–water partition coefficient (Wildman–Crippen LogP) is 2.32. The minimum atomic E-state index is -1.43. The maximum atomic E-state index is 12.6. The summed E-state index contributed by atoms with van der Waals surface area (Å²) >= 11 is 0. The minimum Gasteiger partial charge on any atom is -0.502 e. The van der Waals surface area contributed by atoms with Crippen molar-refractivity contribution in [2.24, 2.45) is 5.41 Å². The lowest BCUT2D eigenvalue weighted by Crippen LogP contribution is -2.56. The van der Waals surface area contributed by atoms with Crippen LogP contribution in [0.15, 0.2) is 22.9 Å². The molecule has 0 spiro atoms. The Labute approximate surface area is 141 Å². The number of hydrogen-bond donors (Lipinski definition) is 2. The Hall–Kier alpha value is -1.82. The van der Waals surface area contributed by atoms with Gasteiger partial charge in [-0.15, -0.1) is 0 Å². The van der Waals surface area contributed by atoms with Gasteiger partial charge in [-0.05, 0) is 33.1 Å². The van der Waals surface area contributed by atoms with E-state index in [9.17, 15) is 19.8 Å². The molecule has 2 aliphatic heterocycles. The van der Waals surface area contributed by atoms with Gasteiger partial charge in [0.1, 0.15) is 11.7 Å². The van der Waals surface area contributed by atoms with Crippen LogP contribution in [0.2, 0.25) is 0 Å². The van der Waals surface area contributed by atoms with Gasteiger partial charge < -0.3 is 19.7 Å². The first-order valence-corrected chi connectivity index (χ1v) is 8.45. The fourth-order valence-corrected chi connectivity index (χ4v) is 4.10. The van der Waals surface area contributed by atoms with E-state index < -0.39 is 34.8 Å². The third-order valence-corrected chi connectivity index (χ3v) is 5.36. The Morgan fingerprint density at radius 1 is 1.21 bits per heavy atom. The molecule has 1 aliphatic carbocycles. The minimum absolute atomic E-state index is 0.0209. The van der Waals surface area contributed by atoms with Gasteiger partial charge in [-0.25, -0.2) is 0 Å². The molecule has 0 radical (unpaired) electrons. The van der Waals surface area contributed by atoms with Gasteiger partial charge in [0, 0.05) is 5.41 Å². The summed E-state index contributed by atoms with van der Waals surface area (Å²) < 4.78 is 11.6. The zero-order chi connectivity index (χ0) is 17.9. The first-order valence-electron chi connectivity index (χ1n) is 8.45. The molecular formula is C18H24O6. The van der Waals surface area contributed by atoms with Crippen molar-refractivity contribution in [1.29, 1.82) is 0 Å². The molecule has 2 N–H and O–H groups in total. The van der Waals surface area contributed by atoms with Crippen LogP contribution in [0.25, 0.3) is 0 Å². The lowest BCUT2D eigenvalue weighted by Gasteiger charge is -2.51. The van der Waals surface area contributed by atoms with E-state index in [-0.39, 0.29) is 17.3 Å². The number of aliphatic hydroxyl groups is 2. The van der Waals surface area contributed by atoms with Crippen LogP contribution in [-0.2, 0) is 19.1 Å². The predicted molar refractivity (Wildman–Crippen MR) is 85.0 cm³/mol. The summed E-state index contributed by atoms with van der Waals surface area (Å²) in [4.78, 5) is 24.9. The van der Waals surface area contributed by atoms with Crippen LogP contribution in [0, 0.1) is 5.41 Å². The fraction of sp³-hybridized carbons (Fsp3) is 0.667. The molecule has 24 heavy (non-hydrogen) atoms. The topological polar surface area (TPSA) is 93.1 Å². The second-order valence-corrected chi connectivity index (χ2v) is 7.52. The van der Waals surface area contributed by atoms with E-state index in [1.165, 1.54) is 0 Å². The Balaban J connectivity index is 2.21. The number of ketones is 2. The van der Waals surface area contributed by atoms with E-state index in [1.807, 2.05) is 6.92 Å². The summed E-state index contributed by atoms with van der Waals surface area (Å²) in [7, 11) is 0. The maximum absolute atomic E-state index is 12.6. The molecule has 4 atom stereocenters. The number of carbonyl (C=O) groups is 2. The molecule has 0 aromatic rings. The lowest BCUT2D eigenvalue weighted by molar-refractivity contribution is -0.152. The molecule has 0 aromatic carbocycles. The molecule has 0 saturated carbocycles. The second-order valence-electron chi connectivity index (χ2n) is 7.52. The average molecular weight is 336 g/mol. The van der Waals surface area contributed by atoms with E-state index in [4.69, 9.17) is 9.47 Å². The number of allylic oxidation sites excluding steroid dienone is 1. The number of carbonyl (C=O) groups excluding carboxylic acids is 2. The Morgan fingerprint density at radius 3 is 2.50 bits per heavy atom. The average Bonchev–Trinajstić information content (AvgIpc) is 2.53. The molecule has 0 aromatic heterocycles.